The number of hydrogen-bond acceptors (Lipinski definition) is 4. The Morgan fingerprint density at radius 2 is 1.97 bits per heavy atom. The number of phenols is 1. The predicted molar refractivity (Wildman–Crippen MR) is 136 cm³/mol. The SMILES string of the molecule is Cc1cnccc1C1=C(c2ccn3cc(CN4CC(CF)C4)nc3c2)c2ccc(O)cc2CCC1. The number of phenolic OH excluding ortho intramolecular Hbond substituents is 1. The van der Waals surface area contributed by atoms with E-state index in [4.69, 9.17) is 4.98 Å². The van der Waals surface area contributed by atoms with Crippen molar-refractivity contribution in [1.82, 2.24) is 19.3 Å². The number of aromatic nitrogens is 3. The van der Waals surface area contributed by atoms with E-state index in [1.54, 1.807) is 6.07 Å². The Balaban J connectivity index is 1.46. The number of likely N-dealkylation sites (tertiary alicyclic amines) is 1. The van der Waals surface area contributed by atoms with Gasteiger partial charge in [0.2, 0.25) is 0 Å². The van der Waals surface area contributed by atoms with Crippen molar-refractivity contribution >= 4 is 16.8 Å². The number of benzene rings is 1. The molecule has 6 heteroatoms. The molecule has 1 aromatic carbocycles. The van der Waals surface area contributed by atoms with Gasteiger partial charge < -0.3 is 9.51 Å². The molecule has 0 amide bonds. The van der Waals surface area contributed by atoms with Crippen LogP contribution < -0.4 is 0 Å². The second-order valence-corrected chi connectivity index (χ2v) is 9.87. The van der Waals surface area contributed by atoms with Gasteiger partial charge in [-0.2, -0.15) is 0 Å². The Labute approximate surface area is 204 Å². The molecular formula is C29H29FN4O. The summed E-state index contributed by atoms with van der Waals surface area (Å²) < 4.78 is 14.9. The highest BCUT2D eigenvalue weighted by Crippen LogP contribution is 2.41. The van der Waals surface area contributed by atoms with Gasteiger partial charge in [-0.3, -0.25) is 14.3 Å². The lowest BCUT2D eigenvalue weighted by Crippen LogP contribution is -2.46. The van der Waals surface area contributed by atoms with E-state index in [1.807, 2.05) is 24.5 Å². The van der Waals surface area contributed by atoms with Crippen molar-refractivity contribution in [3.8, 4) is 5.75 Å². The van der Waals surface area contributed by atoms with Crippen LogP contribution in [-0.4, -0.2) is 44.1 Å². The lowest BCUT2D eigenvalue weighted by Gasteiger charge is -2.37. The van der Waals surface area contributed by atoms with E-state index < -0.39 is 0 Å². The second kappa shape index (κ2) is 8.93. The number of allylic oxidation sites excluding steroid dienone is 1. The third kappa shape index (κ3) is 4.12. The number of alkyl halides is 1. The molecule has 1 aliphatic heterocycles. The zero-order chi connectivity index (χ0) is 23.9. The molecule has 5 nitrogen and oxygen atoms in total. The summed E-state index contributed by atoms with van der Waals surface area (Å²) in [6, 6.07) is 12.2. The van der Waals surface area contributed by atoms with Crippen LogP contribution in [0.15, 0.2) is 61.2 Å². The molecule has 178 valence electrons. The van der Waals surface area contributed by atoms with Gasteiger partial charge in [-0.1, -0.05) is 6.07 Å². The van der Waals surface area contributed by atoms with E-state index in [0.29, 0.717) is 5.75 Å². The van der Waals surface area contributed by atoms with Gasteiger partial charge in [0.15, 0.2) is 0 Å². The summed E-state index contributed by atoms with van der Waals surface area (Å²) in [5.74, 6) is 0.483. The van der Waals surface area contributed by atoms with Gasteiger partial charge in [0.05, 0.1) is 12.4 Å². The van der Waals surface area contributed by atoms with Crippen molar-refractivity contribution < 1.29 is 9.50 Å². The highest BCUT2D eigenvalue weighted by molar-refractivity contribution is 6.00. The van der Waals surface area contributed by atoms with Crippen molar-refractivity contribution in [2.75, 3.05) is 19.8 Å². The average Bonchev–Trinajstić information content (AvgIpc) is 3.14. The Morgan fingerprint density at radius 3 is 2.80 bits per heavy atom. The molecule has 4 heterocycles. The zero-order valence-corrected chi connectivity index (χ0v) is 19.9. The van der Waals surface area contributed by atoms with Crippen LogP contribution in [0.2, 0.25) is 0 Å². The van der Waals surface area contributed by atoms with Gasteiger partial charge in [0, 0.05) is 50.3 Å². The van der Waals surface area contributed by atoms with Crippen LogP contribution in [0.4, 0.5) is 4.39 Å². The highest BCUT2D eigenvalue weighted by Gasteiger charge is 2.27. The average molecular weight is 469 g/mol. The molecule has 1 N–H and O–H groups in total. The Bertz CT molecular complexity index is 1430. The van der Waals surface area contributed by atoms with Crippen LogP contribution >= 0.6 is 0 Å². The molecule has 1 fully saturated rings. The predicted octanol–water partition coefficient (Wildman–Crippen LogP) is 5.44. The number of aromatic hydroxyl groups is 1. The molecule has 4 aromatic rings. The molecule has 1 saturated heterocycles. The van der Waals surface area contributed by atoms with Crippen LogP contribution in [0.5, 0.6) is 5.75 Å². The molecule has 0 radical (unpaired) electrons. The van der Waals surface area contributed by atoms with Crippen LogP contribution in [0.1, 0.15) is 46.4 Å². The maximum absolute atomic E-state index is 12.8. The van der Waals surface area contributed by atoms with Crippen molar-refractivity contribution in [1.29, 1.82) is 0 Å². The molecular weight excluding hydrogens is 439 g/mol. The summed E-state index contributed by atoms with van der Waals surface area (Å²) >= 11 is 0. The fraction of sp³-hybridized carbons (Fsp3) is 0.310. The van der Waals surface area contributed by atoms with Crippen molar-refractivity contribution in [2.24, 2.45) is 5.92 Å². The zero-order valence-electron chi connectivity index (χ0n) is 19.9. The van der Waals surface area contributed by atoms with Gasteiger partial charge in [0.25, 0.3) is 0 Å². The first-order valence-electron chi connectivity index (χ1n) is 12.3. The largest absolute Gasteiger partial charge is 0.508 e. The number of rotatable bonds is 5. The van der Waals surface area contributed by atoms with Crippen molar-refractivity contribution in [3.63, 3.8) is 0 Å². The van der Waals surface area contributed by atoms with Gasteiger partial charge in [-0.15, -0.1) is 0 Å². The number of pyridine rings is 2. The number of aryl methyl sites for hydroxylation is 2. The maximum atomic E-state index is 12.8. The molecule has 0 unspecified atom stereocenters. The summed E-state index contributed by atoms with van der Waals surface area (Å²) in [5, 5.41) is 10.2. The summed E-state index contributed by atoms with van der Waals surface area (Å²) in [7, 11) is 0. The smallest absolute Gasteiger partial charge is 0.137 e. The van der Waals surface area contributed by atoms with Gasteiger partial charge in [-0.05, 0) is 95.5 Å². The molecule has 6 rings (SSSR count). The minimum absolute atomic E-state index is 0.176. The fourth-order valence-corrected chi connectivity index (χ4v) is 5.58. The number of imidazole rings is 1. The summed E-state index contributed by atoms with van der Waals surface area (Å²) in [5.41, 5.74) is 10.3. The normalized spacial score (nSPS) is 16.9. The lowest BCUT2D eigenvalue weighted by molar-refractivity contribution is 0.0727. The lowest BCUT2D eigenvalue weighted by atomic mass is 9.87. The van der Waals surface area contributed by atoms with E-state index in [-0.39, 0.29) is 12.6 Å². The van der Waals surface area contributed by atoms with E-state index >= 15 is 0 Å². The van der Waals surface area contributed by atoms with Gasteiger partial charge in [0.1, 0.15) is 11.4 Å². The van der Waals surface area contributed by atoms with E-state index in [2.05, 4.69) is 51.8 Å². The van der Waals surface area contributed by atoms with Crippen LogP contribution in [0.25, 0.3) is 16.8 Å². The van der Waals surface area contributed by atoms with E-state index in [1.165, 1.54) is 27.8 Å². The first-order valence-corrected chi connectivity index (χ1v) is 12.3. The fourth-order valence-electron chi connectivity index (χ4n) is 5.58. The standard InChI is InChI=1S/C29H29FN4O/c1-19-14-31-9-7-25(19)27-4-2-3-21-11-24(35)5-6-26(21)29(27)22-8-10-34-18-23(32-28(34)12-22)17-33-15-20(13-30)16-33/h5-12,14,18,20,35H,2-4,13,15-17H2,1H3. The number of halogens is 1. The monoisotopic (exact) mass is 468 g/mol. The number of fused-ring (bicyclic) bond motifs is 2. The maximum Gasteiger partial charge on any atom is 0.137 e. The molecule has 35 heavy (non-hydrogen) atoms. The number of nitrogens with zero attached hydrogens (tertiary/aromatic N) is 4. The first-order chi connectivity index (χ1) is 17.1. The van der Waals surface area contributed by atoms with Crippen LogP contribution in [-0.2, 0) is 13.0 Å². The summed E-state index contributed by atoms with van der Waals surface area (Å²) in [6.45, 7) is 4.24. The molecule has 0 atom stereocenters. The third-order valence-corrected chi connectivity index (χ3v) is 7.31. The molecule has 1 aliphatic carbocycles. The third-order valence-electron chi connectivity index (χ3n) is 7.31. The molecule has 3 aromatic heterocycles. The number of hydrogen-bond donors (Lipinski definition) is 1. The Hall–Kier alpha value is -3.51. The topological polar surface area (TPSA) is 53.7 Å². The van der Waals surface area contributed by atoms with Gasteiger partial charge >= 0.3 is 0 Å². The quantitative estimate of drug-likeness (QED) is 0.424. The van der Waals surface area contributed by atoms with Crippen molar-refractivity contribution in [2.45, 2.75) is 32.7 Å². The summed E-state index contributed by atoms with van der Waals surface area (Å²) in [4.78, 5) is 11.5. The van der Waals surface area contributed by atoms with E-state index in [0.717, 1.165) is 61.4 Å². The highest BCUT2D eigenvalue weighted by atomic mass is 19.1. The second-order valence-electron chi connectivity index (χ2n) is 9.87. The van der Waals surface area contributed by atoms with Crippen LogP contribution in [0.3, 0.4) is 0 Å². The van der Waals surface area contributed by atoms with Crippen molar-refractivity contribution in [3.05, 3.63) is 94.7 Å². The Kier molecular flexibility index (Phi) is 5.61. The minimum Gasteiger partial charge on any atom is -0.508 e. The van der Waals surface area contributed by atoms with E-state index in [9.17, 15) is 9.50 Å². The first kappa shape index (κ1) is 22.0. The minimum atomic E-state index is -0.237. The van der Waals surface area contributed by atoms with Crippen LogP contribution in [0, 0.1) is 12.8 Å². The molecule has 0 bridgehead atoms. The molecule has 0 saturated carbocycles. The molecule has 2 aliphatic rings. The molecule has 0 spiro atoms. The van der Waals surface area contributed by atoms with Gasteiger partial charge in [-0.25, -0.2) is 4.98 Å². The Morgan fingerprint density at radius 1 is 1.09 bits per heavy atom. The summed E-state index contributed by atoms with van der Waals surface area (Å²) in [6.07, 6.45) is 10.8.